The maximum absolute atomic E-state index is 6.02. The summed E-state index contributed by atoms with van der Waals surface area (Å²) >= 11 is 0. The molecule has 2 aromatic rings. The standard InChI is InChI=1S/C17H21N3O/c1-2-6-14(7-3-1)20-16-8-11-21-17(15(16)12-18-20)13-19-9-4-5-10-19/h1-3,6-7,12,17H,4-5,8-11,13H2. The summed E-state index contributed by atoms with van der Waals surface area (Å²) in [6.07, 6.45) is 5.78. The summed E-state index contributed by atoms with van der Waals surface area (Å²) in [5.74, 6) is 0. The van der Waals surface area contributed by atoms with Crippen molar-refractivity contribution in [1.82, 2.24) is 14.7 Å². The van der Waals surface area contributed by atoms with Crippen LogP contribution in [0.5, 0.6) is 0 Å². The van der Waals surface area contributed by atoms with Crippen molar-refractivity contribution in [2.75, 3.05) is 26.2 Å². The molecule has 2 aliphatic heterocycles. The van der Waals surface area contributed by atoms with Crippen molar-refractivity contribution in [1.29, 1.82) is 0 Å². The van der Waals surface area contributed by atoms with Crippen LogP contribution in [0.2, 0.25) is 0 Å². The molecule has 0 amide bonds. The molecule has 1 unspecified atom stereocenters. The maximum atomic E-state index is 6.02. The molecular weight excluding hydrogens is 262 g/mol. The molecule has 4 rings (SSSR count). The van der Waals surface area contributed by atoms with E-state index in [1.165, 1.54) is 37.2 Å². The molecule has 1 aromatic carbocycles. The number of hydrogen-bond acceptors (Lipinski definition) is 3. The van der Waals surface area contributed by atoms with Crippen LogP contribution in [0.4, 0.5) is 0 Å². The summed E-state index contributed by atoms with van der Waals surface area (Å²) in [5.41, 5.74) is 3.73. The van der Waals surface area contributed by atoms with Crippen LogP contribution in [0.15, 0.2) is 36.5 Å². The van der Waals surface area contributed by atoms with Crippen molar-refractivity contribution in [2.24, 2.45) is 0 Å². The number of benzene rings is 1. The van der Waals surface area contributed by atoms with Gasteiger partial charge in [0.05, 0.1) is 30.3 Å². The smallest absolute Gasteiger partial charge is 0.0985 e. The first-order chi connectivity index (χ1) is 10.4. The van der Waals surface area contributed by atoms with E-state index in [-0.39, 0.29) is 6.10 Å². The van der Waals surface area contributed by atoms with Gasteiger partial charge in [-0.25, -0.2) is 4.68 Å². The molecule has 21 heavy (non-hydrogen) atoms. The van der Waals surface area contributed by atoms with E-state index in [2.05, 4.69) is 38.9 Å². The zero-order valence-corrected chi connectivity index (χ0v) is 12.2. The zero-order valence-electron chi connectivity index (χ0n) is 12.2. The molecule has 0 spiro atoms. The Bertz CT molecular complexity index is 602. The van der Waals surface area contributed by atoms with Gasteiger partial charge in [0.25, 0.3) is 0 Å². The third-order valence-electron chi connectivity index (χ3n) is 4.53. The Morgan fingerprint density at radius 2 is 1.95 bits per heavy atom. The van der Waals surface area contributed by atoms with E-state index in [1.54, 1.807) is 0 Å². The van der Waals surface area contributed by atoms with Gasteiger partial charge in [-0.3, -0.25) is 0 Å². The van der Waals surface area contributed by atoms with Crippen molar-refractivity contribution < 1.29 is 4.74 Å². The van der Waals surface area contributed by atoms with Crippen molar-refractivity contribution in [3.05, 3.63) is 47.8 Å². The first-order valence-electron chi connectivity index (χ1n) is 7.88. The van der Waals surface area contributed by atoms with E-state index < -0.39 is 0 Å². The first-order valence-corrected chi connectivity index (χ1v) is 7.88. The van der Waals surface area contributed by atoms with Gasteiger partial charge in [0, 0.05) is 18.5 Å². The fourth-order valence-corrected chi connectivity index (χ4v) is 3.44. The van der Waals surface area contributed by atoms with Crippen LogP contribution in [-0.2, 0) is 11.2 Å². The van der Waals surface area contributed by atoms with Crippen LogP contribution in [-0.4, -0.2) is 40.9 Å². The number of nitrogens with zero attached hydrogens (tertiary/aromatic N) is 3. The van der Waals surface area contributed by atoms with E-state index in [4.69, 9.17) is 4.74 Å². The van der Waals surface area contributed by atoms with E-state index >= 15 is 0 Å². The fraction of sp³-hybridized carbons (Fsp3) is 0.471. The Kier molecular flexibility index (Phi) is 3.49. The molecular formula is C17H21N3O. The van der Waals surface area contributed by atoms with Gasteiger partial charge in [-0.15, -0.1) is 0 Å². The summed E-state index contributed by atoms with van der Waals surface area (Å²) in [5, 5.41) is 4.61. The molecule has 0 bridgehead atoms. The SMILES string of the molecule is c1ccc(-n2ncc3c2CCOC3CN2CCCC2)cc1. The molecule has 1 aromatic heterocycles. The van der Waals surface area contributed by atoms with Gasteiger partial charge in [0.15, 0.2) is 0 Å². The third-order valence-corrected chi connectivity index (χ3v) is 4.53. The second-order valence-corrected chi connectivity index (χ2v) is 5.91. The van der Waals surface area contributed by atoms with Crippen molar-refractivity contribution >= 4 is 0 Å². The normalized spacial score (nSPS) is 22.4. The third kappa shape index (κ3) is 2.49. The number of ether oxygens (including phenoxy) is 1. The lowest BCUT2D eigenvalue weighted by atomic mass is 10.0. The lowest BCUT2D eigenvalue weighted by Gasteiger charge is -2.27. The largest absolute Gasteiger partial charge is 0.372 e. The molecule has 0 N–H and O–H groups in total. The van der Waals surface area contributed by atoms with Crippen LogP contribution in [0.3, 0.4) is 0 Å². The Labute approximate surface area is 125 Å². The Morgan fingerprint density at radius 3 is 2.76 bits per heavy atom. The highest BCUT2D eigenvalue weighted by Gasteiger charge is 2.27. The summed E-state index contributed by atoms with van der Waals surface area (Å²) < 4.78 is 8.10. The predicted octanol–water partition coefficient (Wildman–Crippen LogP) is 2.58. The molecule has 4 heteroatoms. The summed E-state index contributed by atoms with van der Waals surface area (Å²) in [7, 11) is 0. The molecule has 1 saturated heterocycles. The fourth-order valence-electron chi connectivity index (χ4n) is 3.44. The van der Waals surface area contributed by atoms with Gasteiger partial charge < -0.3 is 9.64 Å². The van der Waals surface area contributed by atoms with Crippen LogP contribution in [0.25, 0.3) is 5.69 Å². The molecule has 0 saturated carbocycles. The van der Waals surface area contributed by atoms with Crippen LogP contribution < -0.4 is 0 Å². The molecule has 0 radical (unpaired) electrons. The lowest BCUT2D eigenvalue weighted by Crippen LogP contribution is -2.30. The highest BCUT2D eigenvalue weighted by atomic mass is 16.5. The first kappa shape index (κ1) is 13.0. The number of para-hydroxylation sites is 1. The minimum Gasteiger partial charge on any atom is -0.372 e. The second-order valence-electron chi connectivity index (χ2n) is 5.91. The van der Waals surface area contributed by atoms with Crippen LogP contribution >= 0.6 is 0 Å². The monoisotopic (exact) mass is 283 g/mol. The van der Waals surface area contributed by atoms with Gasteiger partial charge in [-0.05, 0) is 38.1 Å². The minimum absolute atomic E-state index is 0.185. The van der Waals surface area contributed by atoms with Gasteiger partial charge >= 0.3 is 0 Å². The van der Waals surface area contributed by atoms with E-state index in [0.717, 1.165) is 25.3 Å². The number of hydrogen-bond donors (Lipinski definition) is 0. The number of fused-ring (bicyclic) bond motifs is 1. The molecule has 1 atom stereocenters. The van der Waals surface area contributed by atoms with Gasteiger partial charge in [0.2, 0.25) is 0 Å². The Balaban J connectivity index is 1.62. The Morgan fingerprint density at radius 1 is 1.14 bits per heavy atom. The average Bonchev–Trinajstić information content (AvgIpc) is 3.18. The molecule has 0 aliphatic carbocycles. The number of rotatable bonds is 3. The van der Waals surface area contributed by atoms with Crippen molar-refractivity contribution in [3.63, 3.8) is 0 Å². The number of aromatic nitrogens is 2. The van der Waals surface area contributed by atoms with E-state index in [0.29, 0.717) is 0 Å². The van der Waals surface area contributed by atoms with Crippen LogP contribution in [0, 0.1) is 0 Å². The molecule has 4 nitrogen and oxygen atoms in total. The van der Waals surface area contributed by atoms with Crippen molar-refractivity contribution in [3.8, 4) is 5.69 Å². The average molecular weight is 283 g/mol. The van der Waals surface area contributed by atoms with Crippen molar-refractivity contribution in [2.45, 2.75) is 25.4 Å². The minimum atomic E-state index is 0.185. The molecule has 2 aliphatic rings. The van der Waals surface area contributed by atoms with E-state index in [9.17, 15) is 0 Å². The summed E-state index contributed by atoms with van der Waals surface area (Å²) in [6, 6.07) is 10.4. The lowest BCUT2D eigenvalue weighted by molar-refractivity contribution is 0.0199. The quantitative estimate of drug-likeness (QED) is 0.867. The molecule has 3 heterocycles. The highest BCUT2D eigenvalue weighted by molar-refractivity contribution is 5.36. The second kappa shape index (κ2) is 5.62. The highest BCUT2D eigenvalue weighted by Crippen LogP contribution is 2.30. The summed E-state index contributed by atoms with van der Waals surface area (Å²) in [4.78, 5) is 2.51. The molecule has 110 valence electrons. The topological polar surface area (TPSA) is 30.3 Å². The van der Waals surface area contributed by atoms with Crippen LogP contribution in [0.1, 0.15) is 30.2 Å². The van der Waals surface area contributed by atoms with Gasteiger partial charge in [-0.1, -0.05) is 18.2 Å². The predicted molar refractivity (Wildman–Crippen MR) is 81.6 cm³/mol. The zero-order chi connectivity index (χ0) is 14.1. The molecule has 1 fully saturated rings. The van der Waals surface area contributed by atoms with Gasteiger partial charge in [-0.2, -0.15) is 5.10 Å². The van der Waals surface area contributed by atoms with Gasteiger partial charge in [0.1, 0.15) is 0 Å². The number of likely N-dealkylation sites (tertiary alicyclic amines) is 1. The Hall–Kier alpha value is -1.65. The summed E-state index contributed by atoms with van der Waals surface area (Å²) in [6.45, 7) is 4.22. The van der Waals surface area contributed by atoms with E-state index in [1.807, 2.05) is 12.3 Å². The maximum Gasteiger partial charge on any atom is 0.0985 e.